The minimum Gasteiger partial charge on any atom is -0.297 e. The van der Waals surface area contributed by atoms with E-state index in [-0.39, 0.29) is 11.6 Å². The van der Waals surface area contributed by atoms with E-state index in [4.69, 9.17) is 25.7 Å². The van der Waals surface area contributed by atoms with E-state index in [0.717, 1.165) is 29.5 Å². The van der Waals surface area contributed by atoms with Crippen LogP contribution in [-0.4, -0.2) is 40.8 Å². The molecule has 182 valence electrons. The van der Waals surface area contributed by atoms with Crippen LogP contribution in [0.4, 0.5) is 0 Å². The highest BCUT2D eigenvalue weighted by molar-refractivity contribution is 7.51. The molecule has 0 N–H and O–H groups in total. The van der Waals surface area contributed by atoms with E-state index >= 15 is 0 Å². The van der Waals surface area contributed by atoms with Crippen LogP contribution in [0.25, 0.3) is 10.8 Å². The lowest BCUT2D eigenvalue weighted by Gasteiger charge is -2.28. The third-order valence-electron chi connectivity index (χ3n) is 6.12. The number of hydrogen-bond acceptors (Lipinski definition) is 5. The quantitative estimate of drug-likeness (QED) is 0.359. The fourth-order valence-electron chi connectivity index (χ4n) is 4.57. The highest BCUT2D eigenvalue weighted by Gasteiger charge is 2.35. The summed E-state index contributed by atoms with van der Waals surface area (Å²) < 4.78 is 27.8. The third kappa shape index (κ3) is 5.45. The Kier molecular flexibility index (Phi) is 8.22. The summed E-state index contributed by atoms with van der Waals surface area (Å²) in [5, 5.41) is 7.05. The Morgan fingerprint density at radius 3 is 2.47 bits per heavy atom. The molecular formula is C25H31ClN3O4P. The molecule has 4 rings (SSSR count). The van der Waals surface area contributed by atoms with Crippen molar-refractivity contribution in [3.05, 3.63) is 75.2 Å². The summed E-state index contributed by atoms with van der Waals surface area (Å²) in [7, 11) is -3.34. The second-order valence-electron chi connectivity index (χ2n) is 8.39. The van der Waals surface area contributed by atoms with Crippen molar-refractivity contribution in [2.75, 3.05) is 26.3 Å². The average Bonchev–Trinajstić information content (AvgIpc) is 3.08. The number of halogens is 1. The molecule has 0 radical (unpaired) electrons. The van der Waals surface area contributed by atoms with E-state index in [1.165, 1.54) is 0 Å². The maximum atomic E-state index is 13.4. The van der Waals surface area contributed by atoms with Crippen molar-refractivity contribution in [1.29, 1.82) is 0 Å². The molecule has 1 aliphatic heterocycles. The predicted molar refractivity (Wildman–Crippen MR) is 136 cm³/mol. The lowest BCUT2D eigenvalue weighted by atomic mass is 10.0. The summed E-state index contributed by atoms with van der Waals surface area (Å²) in [6.07, 6.45) is 2.73. The standard InChI is InChI=1S/C25H31ClN3O4P/c1-3-32-34(31,33-4-2)28-15-8-11-21(14-16-28)29-25(30)23-13-6-5-12-22(23)24(27-29)18-19-9-7-10-20(26)17-19/h5-7,9-10,12-13,17,21H,3-4,8,11,14-16,18H2,1-2H3. The molecule has 0 bridgehead atoms. The summed E-state index contributed by atoms with van der Waals surface area (Å²) in [6, 6.07) is 15.2. The Hall–Kier alpha value is -2.02. The van der Waals surface area contributed by atoms with E-state index in [1.807, 2.05) is 62.4 Å². The van der Waals surface area contributed by atoms with Crippen molar-refractivity contribution < 1.29 is 13.6 Å². The molecule has 0 saturated carbocycles. The van der Waals surface area contributed by atoms with Crippen molar-refractivity contribution in [2.45, 2.75) is 45.6 Å². The molecule has 7 nitrogen and oxygen atoms in total. The third-order valence-corrected chi connectivity index (χ3v) is 8.61. The molecule has 1 aromatic heterocycles. The number of hydrogen-bond donors (Lipinski definition) is 0. The van der Waals surface area contributed by atoms with Crippen LogP contribution in [0.2, 0.25) is 5.02 Å². The smallest absolute Gasteiger partial charge is 0.297 e. The van der Waals surface area contributed by atoms with Gasteiger partial charge in [-0.2, -0.15) is 5.10 Å². The predicted octanol–water partition coefficient (Wildman–Crippen LogP) is 5.85. The van der Waals surface area contributed by atoms with Crippen LogP contribution in [0.3, 0.4) is 0 Å². The normalized spacial score (nSPS) is 17.7. The minimum absolute atomic E-state index is 0.0957. The molecule has 3 aromatic rings. The van der Waals surface area contributed by atoms with Crippen molar-refractivity contribution in [3.63, 3.8) is 0 Å². The molecule has 1 saturated heterocycles. The van der Waals surface area contributed by atoms with Crippen molar-refractivity contribution in [1.82, 2.24) is 14.5 Å². The van der Waals surface area contributed by atoms with Crippen molar-refractivity contribution in [3.8, 4) is 0 Å². The topological polar surface area (TPSA) is 73.7 Å². The van der Waals surface area contributed by atoms with Gasteiger partial charge in [0.2, 0.25) is 0 Å². The molecule has 0 amide bonds. The van der Waals surface area contributed by atoms with Crippen LogP contribution in [0.1, 0.15) is 50.4 Å². The van der Waals surface area contributed by atoms with Gasteiger partial charge in [0.25, 0.3) is 5.56 Å². The lowest BCUT2D eigenvalue weighted by molar-refractivity contribution is 0.168. The van der Waals surface area contributed by atoms with Gasteiger partial charge in [-0.1, -0.05) is 41.9 Å². The maximum absolute atomic E-state index is 13.4. The van der Waals surface area contributed by atoms with Gasteiger partial charge in [0.15, 0.2) is 0 Å². The zero-order valence-corrected chi connectivity index (χ0v) is 21.3. The van der Waals surface area contributed by atoms with Crippen LogP contribution in [-0.2, 0) is 20.0 Å². The van der Waals surface area contributed by atoms with Gasteiger partial charge in [0.05, 0.1) is 30.3 Å². The summed E-state index contributed by atoms with van der Waals surface area (Å²) in [5.74, 6) is 0. The Morgan fingerprint density at radius 1 is 1.03 bits per heavy atom. The first-order valence-electron chi connectivity index (χ1n) is 11.8. The molecule has 34 heavy (non-hydrogen) atoms. The maximum Gasteiger partial charge on any atom is 0.408 e. The van der Waals surface area contributed by atoms with Gasteiger partial charge in [-0.05, 0) is 56.9 Å². The van der Waals surface area contributed by atoms with Crippen LogP contribution >= 0.6 is 19.3 Å². The molecule has 2 heterocycles. The second kappa shape index (κ2) is 11.1. The lowest BCUT2D eigenvalue weighted by Crippen LogP contribution is -2.30. The largest absolute Gasteiger partial charge is 0.408 e. The van der Waals surface area contributed by atoms with Crippen LogP contribution in [0.15, 0.2) is 53.3 Å². The highest BCUT2D eigenvalue weighted by atomic mass is 35.5. The summed E-state index contributed by atoms with van der Waals surface area (Å²) in [4.78, 5) is 13.4. The van der Waals surface area contributed by atoms with E-state index in [2.05, 4.69) is 0 Å². The van der Waals surface area contributed by atoms with Crippen LogP contribution < -0.4 is 5.56 Å². The van der Waals surface area contributed by atoms with Gasteiger partial charge in [-0.15, -0.1) is 0 Å². The SMILES string of the molecule is CCOP(=O)(OCC)N1CCCC(n2nc(Cc3cccc(Cl)c3)c3ccccc3c2=O)CC1. The van der Waals surface area contributed by atoms with Gasteiger partial charge in [0, 0.05) is 29.9 Å². The fraction of sp³-hybridized carbons (Fsp3) is 0.440. The number of nitrogens with zero attached hydrogens (tertiary/aromatic N) is 3. The number of fused-ring (bicyclic) bond motifs is 1. The Morgan fingerprint density at radius 2 is 1.76 bits per heavy atom. The molecule has 9 heteroatoms. The van der Waals surface area contributed by atoms with Gasteiger partial charge in [0.1, 0.15) is 0 Å². The van der Waals surface area contributed by atoms with E-state index in [1.54, 1.807) is 9.35 Å². The summed E-state index contributed by atoms with van der Waals surface area (Å²) in [6.45, 7) is 5.35. The second-order valence-corrected chi connectivity index (χ2v) is 10.8. The van der Waals surface area contributed by atoms with Gasteiger partial charge < -0.3 is 0 Å². The monoisotopic (exact) mass is 503 g/mol. The number of rotatable bonds is 8. The van der Waals surface area contributed by atoms with Crippen molar-refractivity contribution in [2.24, 2.45) is 0 Å². The average molecular weight is 504 g/mol. The molecule has 1 fully saturated rings. The van der Waals surface area contributed by atoms with Gasteiger partial charge in [-0.3, -0.25) is 13.8 Å². The molecule has 0 aliphatic carbocycles. The van der Waals surface area contributed by atoms with Gasteiger partial charge in [-0.25, -0.2) is 13.9 Å². The Bertz CT molecular complexity index is 1240. The van der Waals surface area contributed by atoms with E-state index in [0.29, 0.717) is 49.6 Å². The zero-order valence-electron chi connectivity index (χ0n) is 19.7. The summed E-state index contributed by atoms with van der Waals surface area (Å²) >= 11 is 6.20. The molecule has 1 unspecified atom stereocenters. The van der Waals surface area contributed by atoms with E-state index in [9.17, 15) is 9.36 Å². The van der Waals surface area contributed by atoms with Crippen LogP contribution in [0, 0.1) is 0 Å². The highest BCUT2D eigenvalue weighted by Crippen LogP contribution is 2.53. The Labute approximate surface area is 205 Å². The first-order valence-corrected chi connectivity index (χ1v) is 13.7. The van der Waals surface area contributed by atoms with Crippen LogP contribution in [0.5, 0.6) is 0 Å². The molecule has 1 aliphatic rings. The van der Waals surface area contributed by atoms with Crippen molar-refractivity contribution >= 4 is 30.1 Å². The number of aromatic nitrogens is 2. The minimum atomic E-state index is -3.34. The molecule has 1 atom stereocenters. The molecule has 0 spiro atoms. The molecular weight excluding hydrogens is 473 g/mol. The zero-order chi connectivity index (χ0) is 24.1. The first-order chi connectivity index (χ1) is 16.4. The fourth-order valence-corrected chi connectivity index (χ4v) is 6.59. The van der Waals surface area contributed by atoms with E-state index < -0.39 is 7.75 Å². The Balaban J connectivity index is 1.67. The first kappa shape index (κ1) is 25.1. The number of benzene rings is 2. The van der Waals surface area contributed by atoms with Gasteiger partial charge >= 0.3 is 7.75 Å². The summed E-state index contributed by atoms with van der Waals surface area (Å²) in [5.41, 5.74) is 1.78. The molecule has 2 aromatic carbocycles.